The van der Waals surface area contributed by atoms with Gasteiger partial charge in [0.2, 0.25) is 0 Å². The molecule has 0 aromatic rings. The van der Waals surface area contributed by atoms with Crippen LogP contribution in [0.2, 0.25) is 0 Å². The lowest BCUT2D eigenvalue weighted by Crippen LogP contribution is -2.33. The van der Waals surface area contributed by atoms with E-state index in [4.69, 9.17) is 10.2 Å². The first-order valence-corrected chi connectivity index (χ1v) is 5.30. The van der Waals surface area contributed by atoms with Crippen LogP contribution in [0.25, 0.3) is 0 Å². The second-order valence-electron chi connectivity index (χ2n) is 3.70. The van der Waals surface area contributed by atoms with Crippen LogP contribution in [0.1, 0.15) is 27.2 Å². The molecule has 4 nitrogen and oxygen atoms in total. The third-order valence-electron chi connectivity index (χ3n) is 2.35. The minimum atomic E-state index is -0.856. The van der Waals surface area contributed by atoms with Gasteiger partial charge in [-0.1, -0.05) is 13.0 Å². The van der Waals surface area contributed by atoms with Crippen molar-refractivity contribution < 1.29 is 15.0 Å². The van der Waals surface area contributed by atoms with Crippen LogP contribution in [0, 0.1) is 0 Å². The maximum Gasteiger partial charge on any atom is 0.331 e. The van der Waals surface area contributed by atoms with Crippen molar-refractivity contribution in [3.05, 3.63) is 11.6 Å². The highest BCUT2D eigenvalue weighted by atomic mass is 16.4. The van der Waals surface area contributed by atoms with Crippen molar-refractivity contribution >= 4 is 5.97 Å². The standard InChI is InChI=1S/C11H21NO3/c1-4-10(11(14)15)5-6-12(7-8-13)9(2)3/h5,9,13H,4,6-8H2,1-3H3,(H,14,15). The summed E-state index contributed by atoms with van der Waals surface area (Å²) >= 11 is 0. The normalized spacial score (nSPS) is 12.5. The van der Waals surface area contributed by atoms with E-state index in [0.29, 0.717) is 31.1 Å². The molecule has 4 heteroatoms. The van der Waals surface area contributed by atoms with E-state index in [9.17, 15) is 4.79 Å². The van der Waals surface area contributed by atoms with Crippen LogP contribution in [0.4, 0.5) is 0 Å². The number of carboxylic acid groups (broad SMARTS) is 1. The Hall–Kier alpha value is -0.870. The molecule has 0 amide bonds. The summed E-state index contributed by atoms with van der Waals surface area (Å²) in [5, 5.41) is 17.7. The monoisotopic (exact) mass is 215 g/mol. The molecule has 0 saturated heterocycles. The second kappa shape index (κ2) is 7.43. The summed E-state index contributed by atoms with van der Waals surface area (Å²) < 4.78 is 0. The molecule has 0 saturated carbocycles. The summed E-state index contributed by atoms with van der Waals surface area (Å²) in [5.74, 6) is -0.856. The zero-order valence-electron chi connectivity index (χ0n) is 9.73. The quantitative estimate of drug-likeness (QED) is 0.625. The number of nitrogens with zero attached hydrogens (tertiary/aromatic N) is 1. The predicted octanol–water partition coefficient (Wildman–Crippen LogP) is 1.11. The van der Waals surface area contributed by atoms with Gasteiger partial charge in [0.15, 0.2) is 0 Å². The van der Waals surface area contributed by atoms with Crippen molar-refractivity contribution in [3.63, 3.8) is 0 Å². The van der Waals surface area contributed by atoms with Gasteiger partial charge in [-0.25, -0.2) is 4.79 Å². The lowest BCUT2D eigenvalue weighted by molar-refractivity contribution is -0.132. The van der Waals surface area contributed by atoms with E-state index >= 15 is 0 Å². The fourth-order valence-corrected chi connectivity index (χ4v) is 1.30. The molecule has 0 aliphatic heterocycles. The van der Waals surface area contributed by atoms with Crippen LogP contribution in [-0.4, -0.2) is 46.8 Å². The lowest BCUT2D eigenvalue weighted by atomic mass is 10.2. The van der Waals surface area contributed by atoms with E-state index in [2.05, 4.69) is 0 Å². The van der Waals surface area contributed by atoms with Crippen LogP contribution in [0.15, 0.2) is 11.6 Å². The van der Waals surface area contributed by atoms with Gasteiger partial charge >= 0.3 is 5.97 Å². The van der Waals surface area contributed by atoms with E-state index in [1.807, 2.05) is 25.7 Å². The molecule has 0 aromatic heterocycles. The Morgan fingerprint density at radius 1 is 1.47 bits per heavy atom. The van der Waals surface area contributed by atoms with Crippen molar-refractivity contribution in [1.29, 1.82) is 0 Å². The topological polar surface area (TPSA) is 60.8 Å². The summed E-state index contributed by atoms with van der Waals surface area (Å²) in [4.78, 5) is 12.8. The number of aliphatic hydroxyl groups excluding tert-OH is 1. The maximum absolute atomic E-state index is 10.7. The molecule has 0 aromatic carbocycles. The Balaban J connectivity index is 4.34. The first-order chi connectivity index (χ1) is 7.02. The van der Waals surface area contributed by atoms with Crippen LogP contribution >= 0.6 is 0 Å². The molecule has 0 aliphatic carbocycles. The molecule has 0 radical (unpaired) electrons. The SMILES string of the molecule is CCC(=CCN(CCO)C(C)C)C(=O)O. The van der Waals surface area contributed by atoms with Gasteiger partial charge in [-0.2, -0.15) is 0 Å². The van der Waals surface area contributed by atoms with Gasteiger partial charge in [0.25, 0.3) is 0 Å². The van der Waals surface area contributed by atoms with Crippen molar-refractivity contribution in [2.75, 3.05) is 19.7 Å². The molecule has 0 fully saturated rings. The Labute approximate surface area is 91.2 Å². The molecule has 0 heterocycles. The van der Waals surface area contributed by atoms with Gasteiger partial charge in [-0.05, 0) is 20.3 Å². The van der Waals surface area contributed by atoms with E-state index < -0.39 is 5.97 Å². The van der Waals surface area contributed by atoms with Gasteiger partial charge in [0.1, 0.15) is 0 Å². The maximum atomic E-state index is 10.7. The summed E-state index contributed by atoms with van der Waals surface area (Å²) in [7, 11) is 0. The van der Waals surface area contributed by atoms with Gasteiger partial charge in [-0.3, -0.25) is 4.90 Å². The van der Waals surface area contributed by atoms with Crippen molar-refractivity contribution in [3.8, 4) is 0 Å². The van der Waals surface area contributed by atoms with Crippen molar-refractivity contribution in [1.82, 2.24) is 4.90 Å². The third-order valence-corrected chi connectivity index (χ3v) is 2.35. The molecule has 0 atom stereocenters. The van der Waals surface area contributed by atoms with E-state index in [1.54, 1.807) is 6.08 Å². The number of hydrogen-bond acceptors (Lipinski definition) is 3. The van der Waals surface area contributed by atoms with Crippen molar-refractivity contribution in [2.24, 2.45) is 0 Å². The Bertz CT molecular complexity index is 224. The zero-order valence-corrected chi connectivity index (χ0v) is 9.73. The number of rotatable bonds is 7. The number of aliphatic carboxylic acids is 1. The zero-order chi connectivity index (χ0) is 11.8. The highest BCUT2D eigenvalue weighted by Crippen LogP contribution is 2.03. The highest BCUT2D eigenvalue weighted by molar-refractivity contribution is 5.86. The molecule has 0 spiro atoms. The smallest absolute Gasteiger partial charge is 0.331 e. The molecule has 0 aliphatic rings. The summed E-state index contributed by atoms with van der Waals surface area (Å²) in [6.45, 7) is 7.12. The molecule has 15 heavy (non-hydrogen) atoms. The molecule has 0 unspecified atom stereocenters. The number of carbonyl (C=O) groups is 1. The molecule has 0 rings (SSSR count). The van der Waals surface area contributed by atoms with Gasteiger partial charge < -0.3 is 10.2 Å². The number of aliphatic hydroxyl groups is 1. The molecular formula is C11H21NO3. The van der Waals surface area contributed by atoms with Crippen LogP contribution in [-0.2, 0) is 4.79 Å². The Morgan fingerprint density at radius 2 is 2.07 bits per heavy atom. The predicted molar refractivity (Wildman–Crippen MR) is 59.8 cm³/mol. The Morgan fingerprint density at radius 3 is 2.40 bits per heavy atom. The van der Waals surface area contributed by atoms with E-state index in [0.717, 1.165) is 0 Å². The summed E-state index contributed by atoms with van der Waals surface area (Å²) in [5.41, 5.74) is 0.429. The first-order valence-electron chi connectivity index (χ1n) is 5.30. The fourth-order valence-electron chi connectivity index (χ4n) is 1.30. The molecular weight excluding hydrogens is 194 g/mol. The lowest BCUT2D eigenvalue weighted by Gasteiger charge is -2.24. The molecule has 0 bridgehead atoms. The van der Waals surface area contributed by atoms with E-state index in [-0.39, 0.29) is 6.61 Å². The fraction of sp³-hybridized carbons (Fsp3) is 0.727. The minimum absolute atomic E-state index is 0.0978. The first kappa shape index (κ1) is 14.1. The second-order valence-corrected chi connectivity index (χ2v) is 3.70. The minimum Gasteiger partial charge on any atom is -0.478 e. The summed E-state index contributed by atoms with van der Waals surface area (Å²) in [6, 6.07) is 0.306. The molecule has 2 N–H and O–H groups in total. The summed E-state index contributed by atoms with van der Waals surface area (Å²) in [6.07, 6.45) is 2.25. The van der Waals surface area contributed by atoms with Gasteiger partial charge in [0, 0.05) is 24.7 Å². The van der Waals surface area contributed by atoms with Crippen LogP contribution in [0.3, 0.4) is 0 Å². The average Bonchev–Trinajstić information content (AvgIpc) is 2.16. The third kappa shape index (κ3) is 5.54. The van der Waals surface area contributed by atoms with Gasteiger partial charge in [-0.15, -0.1) is 0 Å². The van der Waals surface area contributed by atoms with Gasteiger partial charge in [0.05, 0.1) is 6.61 Å². The highest BCUT2D eigenvalue weighted by Gasteiger charge is 2.09. The largest absolute Gasteiger partial charge is 0.478 e. The number of hydrogen-bond donors (Lipinski definition) is 2. The Kier molecular flexibility index (Phi) is 6.99. The van der Waals surface area contributed by atoms with E-state index in [1.165, 1.54) is 0 Å². The average molecular weight is 215 g/mol. The van der Waals surface area contributed by atoms with Crippen LogP contribution in [0.5, 0.6) is 0 Å². The van der Waals surface area contributed by atoms with Crippen LogP contribution < -0.4 is 0 Å². The molecule has 88 valence electrons. The number of carboxylic acids is 1. The van der Waals surface area contributed by atoms with Crippen molar-refractivity contribution in [2.45, 2.75) is 33.2 Å².